The fourth-order valence-electron chi connectivity index (χ4n) is 3.08. The Bertz CT molecular complexity index is 1210. The quantitative estimate of drug-likeness (QED) is 0.515. The van der Waals surface area contributed by atoms with E-state index in [2.05, 4.69) is 44.0 Å². The molecule has 30 heavy (non-hydrogen) atoms. The standard InChI is InChI=1S/C22H22N6OS/c1-5-16-7-10-18(11-8-16)28-15(4)19(25-27-28)20-23-22(30-26-20)24-21(29)17-9-6-13(2)14(3)12-17/h6-12H,5H2,1-4H3,(H,23,24,26,29). The number of aryl methyl sites for hydroxylation is 3. The van der Waals surface area contributed by atoms with Crippen LogP contribution in [0.1, 0.15) is 39.7 Å². The fraction of sp³-hybridized carbons (Fsp3) is 0.227. The summed E-state index contributed by atoms with van der Waals surface area (Å²) in [7, 11) is 0. The molecule has 0 unspecified atom stereocenters. The number of carbonyl (C=O) groups is 1. The van der Waals surface area contributed by atoms with Crippen LogP contribution < -0.4 is 5.32 Å². The van der Waals surface area contributed by atoms with E-state index < -0.39 is 0 Å². The Hall–Kier alpha value is -3.39. The van der Waals surface area contributed by atoms with Crippen molar-refractivity contribution in [3.05, 3.63) is 70.4 Å². The topological polar surface area (TPSA) is 85.6 Å². The summed E-state index contributed by atoms with van der Waals surface area (Å²) in [6, 6.07) is 13.8. The second kappa shape index (κ2) is 8.16. The Labute approximate surface area is 179 Å². The zero-order valence-electron chi connectivity index (χ0n) is 17.3. The molecule has 1 amide bonds. The van der Waals surface area contributed by atoms with Crippen LogP contribution >= 0.6 is 11.5 Å². The molecule has 0 spiro atoms. The smallest absolute Gasteiger partial charge is 0.257 e. The number of aromatic nitrogens is 5. The van der Waals surface area contributed by atoms with E-state index in [4.69, 9.17) is 0 Å². The first-order chi connectivity index (χ1) is 14.5. The van der Waals surface area contributed by atoms with Crippen molar-refractivity contribution < 1.29 is 4.79 Å². The number of rotatable bonds is 5. The van der Waals surface area contributed by atoms with Gasteiger partial charge in [0.05, 0.1) is 11.4 Å². The molecule has 0 aliphatic heterocycles. The third-order valence-electron chi connectivity index (χ3n) is 5.11. The van der Waals surface area contributed by atoms with Crippen molar-refractivity contribution in [2.45, 2.75) is 34.1 Å². The molecule has 4 aromatic rings. The minimum Gasteiger partial charge on any atom is -0.297 e. The van der Waals surface area contributed by atoms with Crippen LogP contribution in [0.2, 0.25) is 0 Å². The lowest BCUT2D eigenvalue weighted by Crippen LogP contribution is -2.12. The Morgan fingerprint density at radius 1 is 1.07 bits per heavy atom. The zero-order chi connectivity index (χ0) is 21.3. The summed E-state index contributed by atoms with van der Waals surface area (Å²) in [5.74, 6) is 0.238. The van der Waals surface area contributed by atoms with Gasteiger partial charge in [0.1, 0.15) is 0 Å². The van der Waals surface area contributed by atoms with Gasteiger partial charge < -0.3 is 0 Å². The Kier molecular flexibility index (Phi) is 5.41. The van der Waals surface area contributed by atoms with Crippen LogP contribution in [-0.4, -0.2) is 30.3 Å². The van der Waals surface area contributed by atoms with Gasteiger partial charge in [0.25, 0.3) is 5.91 Å². The van der Waals surface area contributed by atoms with Crippen molar-refractivity contribution in [1.29, 1.82) is 0 Å². The maximum Gasteiger partial charge on any atom is 0.257 e. The monoisotopic (exact) mass is 418 g/mol. The van der Waals surface area contributed by atoms with E-state index >= 15 is 0 Å². The molecule has 7 nitrogen and oxygen atoms in total. The molecule has 0 saturated carbocycles. The number of benzene rings is 2. The molecule has 0 atom stereocenters. The molecule has 0 aliphatic rings. The molecule has 0 aliphatic carbocycles. The van der Waals surface area contributed by atoms with Crippen molar-refractivity contribution >= 4 is 22.6 Å². The average Bonchev–Trinajstić information content (AvgIpc) is 3.36. The van der Waals surface area contributed by atoms with Crippen LogP contribution in [0.15, 0.2) is 42.5 Å². The molecular formula is C22H22N6OS. The number of nitrogens with one attached hydrogen (secondary N) is 1. The van der Waals surface area contributed by atoms with Crippen LogP contribution in [-0.2, 0) is 6.42 Å². The van der Waals surface area contributed by atoms with E-state index in [9.17, 15) is 4.79 Å². The number of hydrogen-bond acceptors (Lipinski definition) is 6. The molecule has 8 heteroatoms. The lowest BCUT2D eigenvalue weighted by Gasteiger charge is -2.04. The minimum absolute atomic E-state index is 0.211. The van der Waals surface area contributed by atoms with E-state index in [0.29, 0.717) is 22.2 Å². The lowest BCUT2D eigenvalue weighted by atomic mass is 10.1. The lowest BCUT2D eigenvalue weighted by molar-refractivity contribution is 0.102. The molecule has 2 heterocycles. The van der Waals surface area contributed by atoms with Gasteiger partial charge in [-0.15, -0.1) is 5.10 Å². The van der Waals surface area contributed by atoms with E-state index in [1.807, 2.05) is 45.0 Å². The molecule has 4 rings (SSSR count). The van der Waals surface area contributed by atoms with Gasteiger partial charge in [-0.05, 0) is 68.1 Å². The Balaban J connectivity index is 1.54. The van der Waals surface area contributed by atoms with Crippen molar-refractivity contribution in [3.8, 4) is 17.2 Å². The third kappa shape index (κ3) is 3.86. The average molecular weight is 419 g/mol. The van der Waals surface area contributed by atoms with E-state index in [0.717, 1.165) is 40.5 Å². The summed E-state index contributed by atoms with van der Waals surface area (Å²) in [4.78, 5) is 17.0. The maximum atomic E-state index is 12.5. The molecule has 0 radical (unpaired) electrons. The molecule has 0 bridgehead atoms. The van der Waals surface area contributed by atoms with E-state index in [1.165, 1.54) is 5.56 Å². The molecule has 0 fully saturated rings. The molecular weight excluding hydrogens is 396 g/mol. The van der Waals surface area contributed by atoms with Gasteiger partial charge in [0.2, 0.25) is 5.13 Å². The SMILES string of the molecule is CCc1ccc(-n2nnc(-c3nsc(NC(=O)c4ccc(C)c(C)c4)n3)c2C)cc1. The van der Waals surface area contributed by atoms with Crippen molar-refractivity contribution in [3.63, 3.8) is 0 Å². The zero-order valence-corrected chi connectivity index (χ0v) is 18.1. The Morgan fingerprint density at radius 3 is 2.53 bits per heavy atom. The number of carbonyl (C=O) groups excluding carboxylic acids is 1. The molecule has 0 saturated heterocycles. The third-order valence-corrected chi connectivity index (χ3v) is 5.74. The number of nitrogens with zero attached hydrogens (tertiary/aromatic N) is 5. The summed E-state index contributed by atoms with van der Waals surface area (Å²) in [6.45, 7) is 8.05. The highest BCUT2D eigenvalue weighted by Crippen LogP contribution is 2.24. The summed E-state index contributed by atoms with van der Waals surface area (Å²) in [5, 5.41) is 11.8. The molecule has 2 aromatic heterocycles. The summed E-state index contributed by atoms with van der Waals surface area (Å²) in [6.07, 6.45) is 0.987. The summed E-state index contributed by atoms with van der Waals surface area (Å²) >= 11 is 1.12. The first-order valence-electron chi connectivity index (χ1n) is 9.70. The van der Waals surface area contributed by atoms with Gasteiger partial charge in [-0.2, -0.15) is 9.36 Å². The first kappa shape index (κ1) is 19.9. The second-order valence-electron chi connectivity index (χ2n) is 7.13. The van der Waals surface area contributed by atoms with Crippen LogP contribution in [0.25, 0.3) is 17.2 Å². The number of amides is 1. The first-order valence-corrected chi connectivity index (χ1v) is 10.5. The van der Waals surface area contributed by atoms with Gasteiger partial charge in [0, 0.05) is 17.1 Å². The Morgan fingerprint density at radius 2 is 1.83 bits per heavy atom. The highest BCUT2D eigenvalue weighted by Gasteiger charge is 2.18. The van der Waals surface area contributed by atoms with Gasteiger partial charge in [-0.1, -0.05) is 30.3 Å². The highest BCUT2D eigenvalue weighted by atomic mass is 32.1. The van der Waals surface area contributed by atoms with Gasteiger partial charge in [0.15, 0.2) is 11.5 Å². The van der Waals surface area contributed by atoms with Crippen LogP contribution in [0.4, 0.5) is 5.13 Å². The fourth-order valence-corrected chi connectivity index (χ4v) is 3.64. The molecule has 2 aromatic carbocycles. The summed E-state index contributed by atoms with van der Waals surface area (Å²) < 4.78 is 6.13. The summed E-state index contributed by atoms with van der Waals surface area (Å²) in [5.41, 5.74) is 6.44. The van der Waals surface area contributed by atoms with Gasteiger partial charge >= 0.3 is 0 Å². The van der Waals surface area contributed by atoms with Crippen LogP contribution in [0.5, 0.6) is 0 Å². The van der Waals surface area contributed by atoms with Crippen molar-refractivity contribution in [2.75, 3.05) is 5.32 Å². The second-order valence-corrected chi connectivity index (χ2v) is 7.88. The highest BCUT2D eigenvalue weighted by molar-refractivity contribution is 7.10. The number of anilines is 1. The van der Waals surface area contributed by atoms with E-state index in [1.54, 1.807) is 10.7 Å². The van der Waals surface area contributed by atoms with Crippen LogP contribution in [0, 0.1) is 20.8 Å². The van der Waals surface area contributed by atoms with Crippen molar-refractivity contribution in [2.24, 2.45) is 0 Å². The number of hydrogen-bond donors (Lipinski definition) is 1. The van der Waals surface area contributed by atoms with E-state index in [-0.39, 0.29) is 5.91 Å². The maximum absolute atomic E-state index is 12.5. The minimum atomic E-state index is -0.211. The normalized spacial score (nSPS) is 10.9. The van der Waals surface area contributed by atoms with Gasteiger partial charge in [-0.3, -0.25) is 10.1 Å². The molecule has 152 valence electrons. The molecule has 1 N–H and O–H groups in total. The predicted octanol–water partition coefficient (Wildman–Crippen LogP) is 4.53. The van der Waals surface area contributed by atoms with Crippen LogP contribution in [0.3, 0.4) is 0 Å². The van der Waals surface area contributed by atoms with Crippen molar-refractivity contribution in [1.82, 2.24) is 24.4 Å². The largest absolute Gasteiger partial charge is 0.297 e. The van der Waals surface area contributed by atoms with Gasteiger partial charge in [-0.25, -0.2) is 4.68 Å². The predicted molar refractivity (Wildman–Crippen MR) is 118 cm³/mol.